The van der Waals surface area contributed by atoms with Gasteiger partial charge in [-0.2, -0.15) is 0 Å². The highest BCUT2D eigenvalue weighted by molar-refractivity contribution is 7.99. The van der Waals surface area contributed by atoms with E-state index < -0.39 is 0 Å². The Bertz CT molecular complexity index is 805. The number of fused-ring (bicyclic) bond motifs is 1. The van der Waals surface area contributed by atoms with Gasteiger partial charge in [-0.3, -0.25) is 4.79 Å². The molecule has 1 amide bonds. The van der Waals surface area contributed by atoms with Crippen LogP contribution in [-0.4, -0.2) is 30.8 Å². The second kappa shape index (κ2) is 8.41. The first-order valence-corrected chi connectivity index (χ1v) is 9.90. The van der Waals surface area contributed by atoms with Gasteiger partial charge in [-0.1, -0.05) is 30.3 Å². The Morgan fingerprint density at radius 1 is 1.19 bits per heavy atom. The van der Waals surface area contributed by atoms with Gasteiger partial charge >= 0.3 is 5.97 Å². The predicted molar refractivity (Wildman–Crippen MR) is 106 cm³/mol. The third-order valence-electron chi connectivity index (χ3n) is 4.63. The van der Waals surface area contributed by atoms with E-state index in [4.69, 9.17) is 4.74 Å². The zero-order chi connectivity index (χ0) is 18.5. The zero-order valence-corrected chi connectivity index (χ0v) is 15.9. The van der Waals surface area contributed by atoms with Crippen LogP contribution in [0.5, 0.6) is 0 Å². The lowest BCUT2D eigenvalue weighted by molar-refractivity contribution is -0.116. The molecule has 1 heterocycles. The number of carbonyl (C=O) groups excluding carboxylic acids is 2. The lowest BCUT2D eigenvalue weighted by Gasteiger charge is -2.35. The SMILES string of the molecule is COC(=O)c1cccc(CSCC(=O)N2c3ccccc3CCC2C)c1. The Labute approximate surface area is 158 Å². The summed E-state index contributed by atoms with van der Waals surface area (Å²) < 4.78 is 4.75. The molecule has 2 aromatic carbocycles. The number of carbonyl (C=O) groups is 2. The van der Waals surface area contributed by atoms with Gasteiger partial charge in [-0.25, -0.2) is 4.79 Å². The predicted octanol–water partition coefficient (Wildman–Crippen LogP) is 4.07. The van der Waals surface area contributed by atoms with Gasteiger partial charge in [0, 0.05) is 17.5 Å². The number of rotatable bonds is 5. The van der Waals surface area contributed by atoms with Gasteiger partial charge in [0.15, 0.2) is 0 Å². The first-order valence-electron chi connectivity index (χ1n) is 8.75. The number of thioether (sulfide) groups is 1. The van der Waals surface area contributed by atoms with Crippen LogP contribution in [0.4, 0.5) is 5.69 Å². The van der Waals surface area contributed by atoms with Crippen molar-refractivity contribution >= 4 is 29.3 Å². The Morgan fingerprint density at radius 2 is 2.00 bits per heavy atom. The molecule has 0 aromatic heterocycles. The fourth-order valence-electron chi connectivity index (χ4n) is 3.30. The summed E-state index contributed by atoms with van der Waals surface area (Å²) in [5.41, 5.74) is 3.84. The van der Waals surface area contributed by atoms with Crippen LogP contribution in [0, 0.1) is 0 Å². The molecule has 0 aliphatic carbocycles. The van der Waals surface area contributed by atoms with Crippen LogP contribution in [0.3, 0.4) is 0 Å². The van der Waals surface area contributed by atoms with Crippen molar-refractivity contribution in [1.82, 2.24) is 0 Å². The molecule has 4 nitrogen and oxygen atoms in total. The van der Waals surface area contributed by atoms with Crippen molar-refractivity contribution in [3.63, 3.8) is 0 Å². The van der Waals surface area contributed by atoms with E-state index in [-0.39, 0.29) is 17.9 Å². The zero-order valence-electron chi connectivity index (χ0n) is 15.1. The van der Waals surface area contributed by atoms with Crippen molar-refractivity contribution < 1.29 is 14.3 Å². The van der Waals surface area contributed by atoms with E-state index in [1.54, 1.807) is 17.8 Å². The molecule has 5 heteroatoms. The smallest absolute Gasteiger partial charge is 0.337 e. The monoisotopic (exact) mass is 369 g/mol. The first kappa shape index (κ1) is 18.5. The fourth-order valence-corrected chi connectivity index (χ4v) is 4.13. The minimum Gasteiger partial charge on any atom is -0.465 e. The number of aryl methyl sites for hydroxylation is 1. The third kappa shape index (κ3) is 4.10. The van der Waals surface area contributed by atoms with Gasteiger partial charge in [-0.05, 0) is 49.1 Å². The summed E-state index contributed by atoms with van der Waals surface area (Å²) in [6.45, 7) is 2.11. The van der Waals surface area contributed by atoms with Crippen LogP contribution in [0.2, 0.25) is 0 Å². The van der Waals surface area contributed by atoms with Crippen LogP contribution in [0.25, 0.3) is 0 Å². The summed E-state index contributed by atoms with van der Waals surface area (Å²) in [7, 11) is 1.38. The van der Waals surface area contributed by atoms with Crippen molar-refractivity contribution in [3.05, 3.63) is 65.2 Å². The molecule has 0 radical (unpaired) electrons. The summed E-state index contributed by atoms with van der Waals surface area (Å²) >= 11 is 1.57. The molecule has 1 unspecified atom stereocenters. The van der Waals surface area contributed by atoms with Crippen molar-refractivity contribution in [1.29, 1.82) is 0 Å². The second-order valence-corrected chi connectivity index (χ2v) is 7.45. The van der Waals surface area contributed by atoms with E-state index in [1.165, 1.54) is 12.7 Å². The van der Waals surface area contributed by atoms with Crippen LogP contribution < -0.4 is 4.90 Å². The Morgan fingerprint density at radius 3 is 2.81 bits per heavy atom. The van der Waals surface area contributed by atoms with Gasteiger partial charge in [0.2, 0.25) is 5.91 Å². The first-order chi connectivity index (χ1) is 12.6. The topological polar surface area (TPSA) is 46.6 Å². The van der Waals surface area contributed by atoms with Crippen molar-refractivity contribution in [2.75, 3.05) is 17.8 Å². The summed E-state index contributed by atoms with van der Waals surface area (Å²) in [4.78, 5) is 26.4. The lowest BCUT2D eigenvalue weighted by Crippen LogP contribution is -2.43. The maximum atomic E-state index is 12.8. The number of esters is 1. The molecule has 26 heavy (non-hydrogen) atoms. The Balaban J connectivity index is 1.62. The summed E-state index contributed by atoms with van der Waals surface area (Å²) in [6.07, 6.45) is 2.02. The standard InChI is InChI=1S/C21H23NO3S/c1-15-10-11-17-7-3-4-9-19(17)22(15)20(23)14-26-13-16-6-5-8-18(12-16)21(24)25-2/h3-9,12,15H,10-11,13-14H2,1-2H3. The number of ether oxygens (including phenoxy) is 1. The summed E-state index contributed by atoms with van der Waals surface area (Å²) in [5.74, 6) is 0.895. The van der Waals surface area contributed by atoms with Crippen molar-refractivity contribution in [2.45, 2.75) is 31.6 Å². The van der Waals surface area contributed by atoms with E-state index in [0.29, 0.717) is 17.1 Å². The van der Waals surface area contributed by atoms with Crippen molar-refractivity contribution in [3.8, 4) is 0 Å². The van der Waals surface area contributed by atoms with Crippen molar-refractivity contribution in [2.24, 2.45) is 0 Å². The second-order valence-electron chi connectivity index (χ2n) is 6.46. The molecule has 1 atom stereocenters. The van der Waals surface area contributed by atoms with Gasteiger partial charge in [0.05, 0.1) is 18.4 Å². The molecular formula is C21H23NO3S. The van der Waals surface area contributed by atoms with Crippen LogP contribution in [0.15, 0.2) is 48.5 Å². The highest BCUT2D eigenvalue weighted by Gasteiger charge is 2.27. The molecule has 0 spiro atoms. The molecule has 0 saturated heterocycles. The number of hydrogen-bond donors (Lipinski definition) is 0. The molecule has 0 saturated carbocycles. The van der Waals surface area contributed by atoms with Crippen LogP contribution >= 0.6 is 11.8 Å². The van der Waals surface area contributed by atoms with Crippen LogP contribution in [-0.2, 0) is 21.7 Å². The molecule has 1 aliphatic rings. The molecule has 0 fully saturated rings. The molecule has 1 aliphatic heterocycles. The highest BCUT2D eigenvalue weighted by Crippen LogP contribution is 2.31. The number of nitrogens with zero attached hydrogens (tertiary/aromatic N) is 1. The maximum absolute atomic E-state index is 12.8. The summed E-state index contributed by atoms with van der Waals surface area (Å²) in [6, 6.07) is 15.7. The van der Waals surface area contributed by atoms with E-state index in [0.717, 1.165) is 24.1 Å². The highest BCUT2D eigenvalue weighted by atomic mass is 32.2. The number of anilines is 1. The average molecular weight is 369 g/mol. The number of para-hydroxylation sites is 1. The van der Waals surface area contributed by atoms with Gasteiger partial charge in [0.1, 0.15) is 0 Å². The molecular weight excluding hydrogens is 346 g/mol. The normalized spacial score (nSPS) is 16.1. The minimum absolute atomic E-state index is 0.138. The maximum Gasteiger partial charge on any atom is 0.337 e. The molecule has 0 N–H and O–H groups in total. The molecule has 2 aromatic rings. The quantitative estimate of drug-likeness (QED) is 0.745. The molecule has 0 bridgehead atoms. The Hall–Kier alpha value is -2.27. The van der Waals surface area contributed by atoms with E-state index in [9.17, 15) is 9.59 Å². The van der Waals surface area contributed by atoms with E-state index in [2.05, 4.69) is 13.0 Å². The van der Waals surface area contributed by atoms with Gasteiger partial charge in [0.25, 0.3) is 0 Å². The minimum atomic E-state index is -0.341. The fraction of sp³-hybridized carbons (Fsp3) is 0.333. The number of amides is 1. The Kier molecular flexibility index (Phi) is 5.99. The molecule has 136 valence electrons. The molecule has 3 rings (SSSR count). The number of methoxy groups -OCH3 is 1. The van der Waals surface area contributed by atoms with Crippen LogP contribution in [0.1, 0.15) is 34.8 Å². The number of benzene rings is 2. The third-order valence-corrected chi connectivity index (χ3v) is 5.62. The average Bonchev–Trinajstić information content (AvgIpc) is 2.67. The lowest BCUT2D eigenvalue weighted by atomic mass is 9.97. The van der Waals surface area contributed by atoms with E-state index >= 15 is 0 Å². The number of hydrogen-bond acceptors (Lipinski definition) is 4. The van der Waals surface area contributed by atoms with Gasteiger partial charge in [-0.15, -0.1) is 11.8 Å². The largest absolute Gasteiger partial charge is 0.465 e. The van der Waals surface area contributed by atoms with E-state index in [1.807, 2.05) is 41.3 Å². The van der Waals surface area contributed by atoms with Gasteiger partial charge < -0.3 is 9.64 Å². The summed E-state index contributed by atoms with van der Waals surface area (Å²) in [5, 5.41) is 0.